The van der Waals surface area contributed by atoms with E-state index >= 15 is 0 Å². The van der Waals surface area contributed by atoms with Gasteiger partial charge in [-0.3, -0.25) is 4.79 Å². The van der Waals surface area contributed by atoms with Crippen LogP contribution in [0.5, 0.6) is 5.75 Å². The quantitative estimate of drug-likeness (QED) is 0.114. The number of ketones is 1. The summed E-state index contributed by atoms with van der Waals surface area (Å²) in [5.41, 5.74) is 3.46. The molecule has 5 nitrogen and oxygen atoms in total. The van der Waals surface area contributed by atoms with Crippen molar-refractivity contribution in [1.82, 2.24) is 4.90 Å². The van der Waals surface area contributed by atoms with Crippen LogP contribution in [0.3, 0.4) is 0 Å². The van der Waals surface area contributed by atoms with E-state index in [0.717, 1.165) is 42.6 Å². The Labute approximate surface area is 302 Å². The van der Waals surface area contributed by atoms with Gasteiger partial charge in [-0.25, -0.2) is 4.79 Å². The molecule has 4 rings (SSSR count). The minimum Gasteiger partial charge on any atom is -0.482 e. The van der Waals surface area contributed by atoms with E-state index in [1.807, 2.05) is 48.5 Å². The lowest BCUT2D eigenvalue weighted by Crippen LogP contribution is -2.38. The summed E-state index contributed by atoms with van der Waals surface area (Å²) in [6.07, 6.45) is -5.34. The van der Waals surface area contributed by atoms with Gasteiger partial charge in [0.2, 0.25) is 0 Å². The fourth-order valence-electron chi connectivity index (χ4n) is 5.56. The van der Waals surface area contributed by atoms with E-state index in [1.54, 1.807) is 69.3 Å². The molecule has 10 heteroatoms. The highest BCUT2D eigenvalue weighted by molar-refractivity contribution is 6.30. The van der Waals surface area contributed by atoms with Gasteiger partial charge in [0.15, 0.2) is 6.10 Å². The van der Waals surface area contributed by atoms with Crippen molar-refractivity contribution >= 4 is 35.0 Å². The van der Waals surface area contributed by atoms with Crippen molar-refractivity contribution in [3.8, 4) is 5.75 Å². The molecule has 0 radical (unpaired) electrons. The fraction of sp³-hybridized carbons (Fsp3) is 0.350. The first-order chi connectivity index (χ1) is 23.6. The van der Waals surface area contributed by atoms with Crippen LogP contribution >= 0.6 is 23.2 Å². The van der Waals surface area contributed by atoms with Gasteiger partial charge in [-0.05, 0) is 131 Å². The van der Waals surface area contributed by atoms with E-state index in [4.69, 9.17) is 32.7 Å². The summed E-state index contributed by atoms with van der Waals surface area (Å²) in [5.74, 6) is -2.20. The Morgan fingerprint density at radius 1 is 0.780 bits per heavy atom. The van der Waals surface area contributed by atoms with Gasteiger partial charge in [0.05, 0.1) is 5.56 Å². The van der Waals surface area contributed by atoms with Crippen molar-refractivity contribution in [2.24, 2.45) is 0 Å². The number of hydrogen-bond donors (Lipinski definition) is 0. The van der Waals surface area contributed by atoms with Gasteiger partial charge in [-0.15, -0.1) is 0 Å². The summed E-state index contributed by atoms with van der Waals surface area (Å²) in [7, 11) is 2.07. The molecule has 0 aliphatic rings. The molecule has 0 fully saturated rings. The molecule has 0 aliphatic carbocycles. The van der Waals surface area contributed by atoms with E-state index < -0.39 is 29.6 Å². The number of carbonyl (C=O) groups excluding carboxylic acids is 2. The standard InChI is InChI=1S/C40H42Cl2F3NO4/c1-39(2,3)50-38(48)31-9-5-7-28(25-31)12-23-36(37(47)40(43,44)45)49-34-21-10-27(11-22-34)8-6-24-46(4)26-35(29-13-17-32(41)18-14-29)30-15-19-33(42)20-16-30/h5,7,9-11,13-22,25,35-36H,6,8,12,23-24,26H2,1-4H3. The minimum absolute atomic E-state index is 0.0889. The molecular formula is C40H42Cl2F3NO4. The number of rotatable bonds is 15. The summed E-state index contributed by atoms with van der Waals surface area (Å²) >= 11 is 12.3. The van der Waals surface area contributed by atoms with Crippen LogP contribution in [0.4, 0.5) is 13.2 Å². The summed E-state index contributed by atoms with van der Waals surface area (Å²) in [5, 5.41) is 1.36. The van der Waals surface area contributed by atoms with E-state index in [0.29, 0.717) is 15.6 Å². The summed E-state index contributed by atoms with van der Waals surface area (Å²) in [6.45, 7) is 6.82. The second-order valence-electron chi connectivity index (χ2n) is 13.4. The number of carbonyl (C=O) groups is 2. The molecule has 50 heavy (non-hydrogen) atoms. The van der Waals surface area contributed by atoms with Crippen molar-refractivity contribution < 1.29 is 32.2 Å². The molecule has 0 aliphatic heterocycles. The van der Waals surface area contributed by atoms with E-state index in [9.17, 15) is 22.8 Å². The number of benzene rings is 4. The lowest BCUT2D eigenvalue weighted by molar-refractivity contribution is -0.178. The number of alkyl halides is 3. The third kappa shape index (κ3) is 12.2. The molecule has 0 amide bonds. The van der Waals surface area contributed by atoms with Gasteiger partial charge in [0.1, 0.15) is 11.4 Å². The third-order valence-electron chi connectivity index (χ3n) is 8.07. The Kier molecular flexibility index (Phi) is 13.5. The number of likely N-dealkylation sites (N-methyl/N-ethyl adjacent to an activating group) is 1. The second kappa shape index (κ2) is 17.4. The number of nitrogens with zero attached hydrogens (tertiary/aromatic N) is 1. The molecule has 0 aromatic heterocycles. The van der Waals surface area contributed by atoms with Crippen LogP contribution in [-0.2, 0) is 22.4 Å². The molecule has 0 saturated carbocycles. The Bertz CT molecular complexity index is 1660. The number of halogens is 5. The maximum atomic E-state index is 13.5. The first-order valence-electron chi connectivity index (χ1n) is 16.5. The van der Waals surface area contributed by atoms with Crippen molar-refractivity contribution in [3.05, 3.63) is 135 Å². The van der Waals surface area contributed by atoms with Gasteiger partial charge < -0.3 is 14.4 Å². The van der Waals surface area contributed by atoms with Crippen LogP contribution in [0.2, 0.25) is 10.0 Å². The van der Waals surface area contributed by atoms with Crippen molar-refractivity contribution in [3.63, 3.8) is 0 Å². The average molecular weight is 729 g/mol. The molecule has 0 saturated heterocycles. The zero-order valence-corrected chi connectivity index (χ0v) is 30.1. The van der Waals surface area contributed by atoms with E-state index in [1.165, 1.54) is 0 Å². The zero-order valence-electron chi connectivity index (χ0n) is 28.6. The smallest absolute Gasteiger partial charge is 0.453 e. The maximum Gasteiger partial charge on any atom is 0.453 e. The minimum atomic E-state index is -5.06. The zero-order chi connectivity index (χ0) is 36.5. The molecule has 1 atom stereocenters. The van der Waals surface area contributed by atoms with Crippen LogP contribution in [-0.4, -0.2) is 54.7 Å². The molecule has 0 N–H and O–H groups in total. The second-order valence-corrected chi connectivity index (χ2v) is 14.2. The third-order valence-corrected chi connectivity index (χ3v) is 8.58. The first-order valence-corrected chi connectivity index (χ1v) is 17.2. The normalized spacial score (nSPS) is 12.6. The monoisotopic (exact) mass is 727 g/mol. The largest absolute Gasteiger partial charge is 0.482 e. The number of Topliss-reactive ketones (excluding diaryl/α,β-unsaturated/α-hetero) is 1. The summed E-state index contributed by atoms with van der Waals surface area (Å²) in [6, 6.07) is 29.0. The highest BCUT2D eigenvalue weighted by atomic mass is 35.5. The first kappa shape index (κ1) is 38.9. The lowest BCUT2D eigenvalue weighted by atomic mass is 9.91. The van der Waals surface area contributed by atoms with Gasteiger partial charge >= 0.3 is 12.1 Å². The average Bonchev–Trinajstić information content (AvgIpc) is 3.06. The van der Waals surface area contributed by atoms with Crippen LogP contribution in [0.1, 0.15) is 72.1 Å². The Morgan fingerprint density at radius 2 is 1.36 bits per heavy atom. The molecule has 1 unspecified atom stereocenters. The Balaban J connectivity index is 1.34. The molecule has 4 aromatic carbocycles. The predicted octanol–water partition coefficient (Wildman–Crippen LogP) is 10.2. The van der Waals surface area contributed by atoms with Crippen LogP contribution in [0, 0.1) is 0 Å². The van der Waals surface area contributed by atoms with Crippen LogP contribution in [0.25, 0.3) is 0 Å². The van der Waals surface area contributed by atoms with Crippen LogP contribution in [0.15, 0.2) is 97.1 Å². The number of hydrogen-bond acceptors (Lipinski definition) is 5. The van der Waals surface area contributed by atoms with Gasteiger partial charge in [-0.1, -0.05) is 71.7 Å². The fourth-order valence-corrected chi connectivity index (χ4v) is 5.82. The molecular weight excluding hydrogens is 686 g/mol. The van der Waals surface area contributed by atoms with E-state index in [-0.39, 0.29) is 30.1 Å². The van der Waals surface area contributed by atoms with Crippen molar-refractivity contribution in [2.75, 3.05) is 20.1 Å². The number of ether oxygens (including phenoxy) is 2. The highest BCUT2D eigenvalue weighted by Crippen LogP contribution is 2.29. The summed E-state index contributed by atoms with van der Waals surface area (Å²) in [4.78, 5) is 27.1. The molecule has 4 aromatic rings. The molecule has 0 bridgehead atoms. The highest BCUT2D eigenvalue weighted by Gasteiger charge is 2.44. The predicted molar refractivity (Wildman–Crippen MR) is 192 cm³/mol. The number of esters is 1. The SMILES string of the molecule is CN(CCCc1ccc(OC(CCc2cccc(C(=O)OC(C)(C)C)c2)C(=O)C(F)(F)F)cc1)CC(c1ccc(Cl)cc1)c1ccc(Cl)cc1. The van der Waals surface area contributed by atoms with E-state index in [2.05, 4.69) is 11.9 Å². The van der Waals surface area contributed by atoms with Crippen molar-refractivity contribution in [2.45, 2.75) is 70.3 Å². The Hall–Kier alpha value is -3.85. The molecule has 266 valence electrons. The topological polar surface area (TPSA) is 55.8 Å². The number of aryl methyl sites for hydroxylation is 2. The van der Waals surface area contributed by atoms with Gasteiger partial charge in [0.25, 0.3) is 5.78 Å². The molecule has 0 heterocycles. The Morgan fingerprint density at radius 3 is 1.90 bits per heavy atom. The van der Waals surface area contributed by atoms with Crippen LogP contribution < -0.4 is 4.74 Å². The van der Waals surface area contributed by atoms with Crippen molar-refractivity contribution in [1.29, 1.82) is 0 Å². The summed E-state index contributed by atoms with van der Waals surface area (Å²) < 4.78 is 51.6. The molecule has 0 spiro atoms. The van der Waals surface area contributed by atoms with Gasteiger partial charge in [0, 0.05) is 22.5 Å². The lowest BCUT2D eigenvalue weighted by Gasteiger charge is -2.25. The maximum absolute atomic E-state index is 13.5. The van der Waals surface area contributed by atoms with Gasteiger partial charge in [-0.2, -0.15) is 13.2 Å².